The van der Waals surface area contributed by atoms with Crippen LogP contribution in [-0.2, 0) is 4.79 Å². The minimum atomic E-state index is -0.361. The van der Waals surface area contributed by atoms with Crippen LogP contribution in [0.2, 0.25) is 0 Å². The van der Waals surface area contributed by atoms with Gasteiger partial charge in [0.15, 0.2) is 0 Å². The standard InChI is InChI=1S/C18H15FN2O3S/c1-24-15-8-2-12(3-9-15)10-16-17(22)21(18(23)25-16)11-20-14-6-4-13(19)5-7-14/h2-10,20H,11H2,1H3/b16-10+. The summed E-state index contributed by atoms with van der Waals surface area (Å²) in [7, 11) is 1.58. The molecule has 7 heteroatoms. The van der Waals surface area contributed by atoms with E-state index in [1.165, 1.54) is 12.1 Å². The number of halogens is 1. The lowest BCUT2D eigenvalue weighted by atomic mass is 10.2. The van der Waals surface area contributed by atoms with Crippen LogP contribution in [0.25, 0.3) is 6.08 Å². The number of nitrogens with zero attached hydrogens (tertiary/aromatic N) is 1. The third-order valence-corrected chi connectivity index (χ3v) is 4.48. The topological polar surface area (TPSA) is 58.6 Å². The zero-order valence-corrected chi connectivity index (χ0v) is 14.2. The first kappa shape index (κ1) is 17.0. The SMILES string of the molecule is COc1ccc(/C=C2/SC(=O)N(CNc3ccc(F)cc3)C2=O)cc1. The minimum Gasteiger partial charge on any atom is -0.497 e. The molecule has 0 bridgehead atoms. The first-order valence-corrected chi connectivity index (χ1v) is 8.27. The number of benzene rings is 2. The van der Waals surface area contributed by atoms with Gasteiger partial charge < -0.3 is 10.1 Å². The van der Waals surface area contributed by atoms with Crippen LogP contribution < -0.4 is 10.1 Å². The molecule has 1 saturated heterocycles. The lowest BCUT2D eigenvalue weighted by Gasteiger charge is -2.14. The molecule has 128 valence electrons. The highest BCUT2D eigenvalue weighted by molar-refractivity contribution is 8.18. The third kappa shape index (κ3) is 4.00. The molecule has 0 spiro atoms. The molecule has 0 aliphatic carbocycles. The minimum absolute atomic E-state index is 0.0241. The maximum atomic E-state index is 12.9. The van der Waals surface area contributed by atoms with Gasteiger partial charge in [0.2, 0.25) is 0 Å². The van der Waals surface area contributed by atoms with Crippen molar-refractivity contribution in [2.75, 3.05) is 19.1 Å². The lowest BCUT2D eigenvalue weighted by Crippen LogP contribution is -2.33. The van der Waals surface area contributed by atoms with Crippen molar-refractivity contribution in [3.63, 3.8) is 0 Å². The van der Waals surface area contributed by atoms with Crippen molar-refractivity contribution in [2.45, 2.75) is 0 Å². The fraction of sp³-hybridized carbons (Fsp3) is 0.111. The molecule has 1 aliphatic rings. The van der Waals surface area contributed by atoms with Crippen molar-refractivity contribution < 1.29 is 18.7 Å². The van der Waals surface area contributed by atoms with Gasteiger partial charge in [-0.25, -0.2) is 4.39 Å². The summed E-state index contributed by atoms with van der Waals surface area (Å²) in [6.45, 7) is 0.0241. The molecular formula is C18H15FN2O3S. The molecule has 0 radical (unpaired) electrons. The van der Waals surface area contributed by atoms with E-state index in [-0.39, 0.29) is 23.6 Å². The Morgan fingerprint density at radius 3 is 2.44 bits per heavy atom. The van der Waals surface area contributed by atoms with Crippen molar-refractivity contribution in [1.82, 2.24) is 4.90 Å². The van der Waals surface area contributed by atoms with Gasteiger partial charge in [0.1, 0.15) is 11.6 Å². The van der Waals surface area contributed by atoms with Gasteiger partial charge in [-0.1, -0.05) is 12.1 Å². The van der Waals surface area contributed by atoms with E-state index in [4.69, 9.17) is 4.74 Å². The molecular weight excluding hydrogens is 343 g/mol. The van der Waals surface area contributed by atoms with Gasteiger partial charge in [0.05, 0.1) is 18.7 Å². The third-order valence-electron chi connectivity index (χ3n) is 3.57. The summed E-state index contributed by atoms with van der Waals surface area (Å²) in [4.78, 5) is 26.0. The van der Waals surface area contributed by atoms with Gasteiger partial charge in [0, 0.05) is 5.69 Å². The number of methoxy groups -OCH3 is 1. The molecule has 2 amide bonds. The van der Waals surface area contributed by atoms with E-state index < -0.39 is 0 Å². The van der Waals surface area contributed by atoms with Crippen molar-refractivity contribution in [1.29, 1.82) is 0 Å². The molecule has 1 fully saturated rings. The Kier molecular flexibility index (Phi) is 5.04. The van der Waals surface area contributed by atoms with Gasteiger partial charge in [0.25, 0.3) is 11.1 Å². The molecule has 1 heterocycles. The number of nitrogens with one attached hydrogen (secondary N) is 1. The predicted molar refractivity (Wildman–Crippen MR) is 95.7 cm³/mol. The van der Waals surface area contributed by atoms with Crippen molar-refractivity contribution in [2.24, 2.45) is 0 Å². The zero-order valence-electron chi connectivity index (χ0n) is 13.4. The Morgan fingerprint density at radius 1 is 1.12 bits per heavy atom. The number of hydrogen-bond donors (Lipinski definition) is 1. The molecule has 2 aromatic rings. The molecule has 5 nitrogen and oxygen atoms in total. The average molecular weight is 358 g/mol. The van der Waals surface area contributed by atoms with Crippen LogP contribution in [-0.4, -0.2) is 29.8 Å². The molecule has 2 aromatic carbocycles. The number of amides is 2. The molecule has 0 aromatic heterocycles. The normalized spacial score (nSPS) is 15.8. The first-order chi connectivity index (χ1) is 12.1. The van der Waals surface area contributed by atoms with Crippen LogP contribution in [0.4, 0.5) is 14.9 Å². The van der Waals surface area contributed by atoms with Crippen LogP contribution in [0.5, 0.6) is 5.75 Å². The smallest absolute Gasteiger partial charge is 0.295 e. The summed E-state index contributed by atoms with van der Waals surface area (Å²) < 4.78 is 18.0. The fourth-order valence-electron chi connectivity index (χ4n) is 2.23. The maximum absolute atomic E-state index is 12.9. The van der Waals surface area contributed by atoms with Gasteiger partial charge in [-0.3, -0.25) is 14.5 Å². The fourth-order valence-corrected chi connectivity index (χ4v) is 3.06. The summed E-state index contributed by atoms with van der Waals surface area (Å²) in [5.41, 5.74) is 1.43. The number of hydrogen-bond acceptors (Lipinski definition) is 5. The summed E-state index contributed by atoms with van der Waals surface area (Å²) in [6, 6.07) is 12.9. The summed E-state index contributed by atoms with van der Waals surface area (Å²) in [6.07, 6.45) is 1.67. The molecule has 0 atom stereocenters. The second-order valence-corrected chi connectivity index (χ2v) is 6.22. The van der Waals surface area contributed by atoms with Crippen LogP contribution in [0.1, 0.15) is 5.56 Å². The van der Waals surface area contributed by atoms with Gasteiger partial charge in [-0.05, 0) is 59.8 Å². The molecule has 25 heavy (non-hydrogen) atoms. The quantitative estimate of drug-likeness (QED) is 0.821. The largest absolute Gasteiger partial charge is 0.497 e. The van der Waals surface area contributed by atoms with Crippen LogP contribution in [0.3, 0.4) is 0 Å². The van der Waals surface area contributed by atoms with Crippen molar-refractivity contribution >= 4 is 34.7 Å². The number of anilines is 1. The number of ether oxygens (including phenoxy) is 1. The van der Waals surface area contributed by atoms with E-state index in [1.54, 1.807) is 37.5 Å². The Bertz CT molecular complexity index is 819. The molecule has 0 unspecified atom stereocenters. The highest BCUT2D eigenvalue weighted by atomic mass is 32.2. The Labute approximate surface area is 148 Å². The molecule has 1 N–H and O–H groups in total. The van der Waals surface area contributed by atoms with E-state index >= 15 is 0 Å². The van der Waals surface area contributed by atoms with E-state index in [0.717, 1.165) is 22.2 Å². The monoisotopic (exact) mass is 358 g/mol. The first-order valence-electron chi connectivity index (χ1n) is 7.45. The summed E-state index contributed by atoms with van der Waals surface area (Å²) >= 11 is 0.891. The Hall–Kier alpha value is -2.80. The number of imide groups is 1. The lowest BCUT2D eigenvalue weighted by molar-refractivity contribution is -0.122. The van der Waals surface area contributed by atoms with Gasteiger partial charge in [-0.15, -0.1) is 0 Å². The van der Waals surface area contributed by atoms with Crippen molar-refractivity contribution in [3.8, 4) is 5.75 Å². The van der Waals surface area contributed by atoms with Crippen LogP contribution in [0, 0.1) is 5.82 Å². The van der Waals surface area contributed by atoms with E-state index in [2.05, 4.69) is 5.32 Å². The van der Waals surface area contributed by atoms with Gasteiger partial charge >= 0.3 is 0 Å². The number of carbonyl (C=O) groups is 2. The van der Waals surface area contributed by atoms with E-state index in [1.807, 2.05) is 12.1 Å². The maximum Gasteiger partial charge on any atom is 0.295 e. The summed E-state index contributed by atoms with van der Waals surface area (Å²) in [5.74, 6) is 0.00771. The number of carbonyl (C=O) groups excluding carboxylic acids is 2. The second-order valence-electron chi connectivity index (χ2n) is 5.22. The Balaban J connectivity index is 1.68. The average Bonchev–Trinajstić information content (AvgIpc) is 2.89. The van der Waals surface area contributed by atoms with E-state index in [0.29, 0.717) is 16.3 Å². The zero-order chi connectivity index (χ0) is 17.8. The van der Waals surface area contributed by atoms with E-state index in [9.17, 15) is 14.0 Å². The van der Waals surface area contributed by atoms with Crippen LogP contribution >= 0.6 is 11.8 Å². The predicted octanol–water partition coefficient (Wildman–Crippen LogP) is 3.94. The van der Waals surface area contributed by atoms with Crippen molar-refractivity contribution in [3.05, 3.63) is 64.8 Å². The second kappa shape index (κ2) is 7.40. The van der Waals surface area contributed by atoms with Gasteiger partial charge in [-0.2, -0.15) is 0 Å². The van der Waals surface area contributed by atoms with Crippen LogP contribution in [0.15, 0.2) is 53.4 Å². The highest BCUT2D eigenvalue weighted by Crippen LogP contribution is 2.32. The number of rotatable bonds is 5. The number of thioether (sulfide) groups is 1. The highest BCUT2D eigenvalue weighted by Gasteiger charge is 2.34. The molecule has 0 saturated carbocycles. The summed E-state index contributed by atoms with van der Waals surface area (Å²) in [5, 5.41) is 2.59. The molecule has 3 rings (SSSR count). The molecule has 1 aliphatic heterocycles. The Morgan fingerprint density at radius 2 is 1.80 bits per heavy atom.